The molecule has 0 saturated carbocycles. The molecule has 1 fully saturated rings. The molecule has 0 aromatic carbocycles. The summed E-state index contributed by atoms with van der Waals surface area (Å²) in [5.41, 5.74) is 0.375. The van der Waals surface area contributed by atoms with E-state index in [1.165, 1.54) is 6.20 Å². The molecule has 6 nitrogen and oxygen atoms in total. The van der Waals surface area contributed by atoms with Gasteiger partial charge in [0.25, 0.3) is 5.56 Å². The van der Waals surface area contributed by atoms with Gasteiger partial charge in [0.1, 0.15) is 5.56 Å². The van der Waals surface area contributed by atoms with E-state index in [4.69, 9.17) is 4.74 Å². The average molecular weight is 262 g/mol. The Balaban J connectivity index is 2.21. The van der Waals surface area contributed by atoms with Crippen LogP contribution in [-0.4, -0.2) is 33.8 Å². The van der Waals surface area contributed by atoms with Crippen molar-refractivity contribution in [3.05, 3.63) is 34.4 Å². The molecule has 3 rings (SSSR count). The summed E-state index contributed by atoms with van der Waals surface area (Å²) in [6.07, 6.45) is 4.50. The van der Waals surface area contributed by atoms with E-state index in [1.807, 2.05) is 0 Å². The van der Waals surface area contributed by atoms with Gasteiger partial charge in [-0.25, -0.2) is 4.79 Å². The quantitative estimate of drug-likeness (QED) is 0.856. The van der Waals surface area contributed by atoms with Crippen LogP contribution in [0.2, 0.25) is 0 Å². The minimum atomic E-state index is -1.03. The van der Waals surface area contributed by atoms with Crippen LogP contribution in [0, 0.1) is 0 Å². The van der Waals surface area contributed by atoms with Crippen molar-refractivity contribution in [2.24, 2.45) is 0 Å². The first-order valence-corrected chi connectivity index (χ1v) is 6.22. The van der Waals surface area contributed by atoms with Gasteiger partial charge in [-0.15, -0.1) is 0 Å². The summed E-state index contributed by atoms with van der Waals surface area (Å²) in [6.45, 7) is 1.20. The third kappa shape index (κ3) is 1.94. The lowest BCUT2D eigenvalue weighted by molar-refractivity contribution is 0.0673. The Morgan fingerprint density at radius 3 is 2.84 bits per heavy atom. The van der Waals surface area contributed by atoms with Gasteiger partial charge in [-0.2, -0.15) is 0 Å². The van der Waals surface area contributed by atoms with Crippen LogP contribution in [0.5, 0.6) is 0 Å². The summed E-state index contributed by atoms with van der Waals surface area (Å²) in [5, 5.41) is 9.68. The van der Waals surface area contributed by atoms with Crippen molar-refractivity contribution >= 4 is 16.9 Å². The van der Waals surface area contributed by atoms with Gasteiger partial charge < -0.3 is 19.4 Å². The molecule has 2 N–H and O–H groups in total. The maximum atomic E-state index is 12.4. The van der Waals surface area contributed by atoms with Crippen LogP contribution in [0.1, 0.15) is 29.2 Å². The summed E-state index contributed by atoms with van der Waals surface area (Å²) in [6, 6.07) is 1.64. The number of aromatic nitrogens is 2. The standard InChI is InChI=1S/C13H14N2O4/c16-12-9-1-4-14-11(9)10(13(17)18)7-15(12)8-2-5-19-6-3-8/h1,4,7-8,14H,2-3,5-6H2,(H,17,18). The zero-order valence-corrected chi connectivity index (χ0v) is 10.3. The van der Waals surface area contributed by atoms with Crippen molar-refractivity contribution in [3.8, 4) is 0 Å². The van der Waals surface area contributed by atoms with E-state index in [0.717, 1.165) is 12.8 Å². The molecular weight excluding hydrogens is 248 g/mol. The molecule has 2 aromatic rings. The van der Waals surface area contributed by atoms with Crippen LogP contribution >= 0.6 is 0 Å². The number of nitrogens with zero attached hydrogens (tertiary/aromatic N) is 1. The van der Waals surface area contributed by atoms with Crippen LogP contribution in [0.3, 0.4) is 0 Å². The van der Waals surface area contributed by atoms with E-state index < -0.39 is 5.97 Å². The maximum Gasteiger partial charge on any atom is 0.339 e. The van der Waals surface area contributed by atoms with E-state index in [-0.39, 0.29) is 17.2 Å². The lowest BCUT2D eigenvalue weighted by Crippen LogP contribution is -2.29. The van der Waals surface area contributed by atoms with Crippen LogP contribution in [0.15, 0.2) is 23.3 Å². The lowest BCUT2D eigenvalue weighted by atomic mass is 10.1. The van der Waals surface area contributed by atoms with Gasteiger partial charge >= 0.3 is 5.97 Å². The molecule has 0 amide bonds. The molecule has 19 heavy (non-hydrogen) atoms. The zero-order chi connectivity index (χ0) is 13.4. The number of aromatic amines is 1. The number of rotatable bonds is 2. The number of nitrogens with one attached hydrogen (secondary N) is 1. The number of H-pyrrole nitrogens is 1. The fourth-order valence-electron chi connectivity index (χ4n) is 2.57. The summed E-state index contributed by atoms with van der Waals surface area (Å²) in [4.78, 5) is 26.5. The molecule has 1 aliphatic heterocycles. The fourth-order valence-corrected chi connectivity index (χ4v) is 2.57. The van der Waals surface area contributed by atoms with Gasteiger partial charge in [0, 0.05) is 31.6 Å². The van der Waals surface area contributed by atoms with E-state index in [2.05, 4.69) is 4.98 Å². The molecule has 6 heteroatoms. The van der Waals surface area contributed by atoms with Crippen molar-refractivity contribution in [2.45, 2.75) is 18.9 Å². The van der Waals surface area contributed by atoms with Gasteiger partial charge in [0.15, 0.2) is 0 Å². The Bertz CT molecular complexity index is 679. The fraction of sp³-hybridized carbons (Fsp3) is 0.385. The predicted octanol–water partition coefficient (Wildman–Crippen LogP) is 1.38. The average Bonchev–Trinajstić information content (AvgIpc) is 2.89. The number of carboxylic acids is 1. The summed E-state index contributed by atoms with van der Waals surface area (Å²) in [5.74, 6) is -1.03. The second-order valence-corrected chi connectivity index (χ2v) is 4.67. The highest BCUT2D eigenvalue weighted by Gasteiger charge is 2.21. The Morgan fingerprint density at radius 2 is 2.16 bits per heavy atom. The van der Waals surface area contributed by atoms with Gasteiger partial charge in [-0.05, 0) is 18.9 Å². The number of ether oxygens (including phenoxy) is 1. The minimum absolute atomic E-state index is 0.0126. The summed E-state index contributed by atoms with van der Waals surface area (Å²) >= 11 is 0. The zero-order valence-electron chi connectivity index (χ0n) is 10.3. The molecule has 0 unspecified atom stereocenters. The van der Waals surface area contributed by atoms with E-state index in [1.54, 1.807) is 16.8 Å². The van der Waals surface area contributed by atoms with E-state index >= 15 is 0 Å². The van der Waals surface area contributed by atoms with Crippen molar-refractivity contribution < 1.29 is 14.6 Å². The molecule has 0 atom stereocenters. The van der Waals surface area contributed by atoms with Crippen LogP contribution < -0.4 is 5.56 Å². The monoisotopic (exact) mass is 262 g/mol. The largest absolute Gasteiger partial charge is 0.478 e. The molecule has 0 radical (unpaired) electrons. The van der Waals surface area contributed by atoms with Gasteiger partial charge in [0.2, 0.25) is 0 Å². The summed E-state index contributed by atoms with van der Waals surface area (Å²) < 4.78 is 6.82. The lowest BCUT2D eigenvalue weighted by Gasteiger charge is -2.24. The Kier molecular flexibility index (Phi) is 2.87. The Labute approximate surface area is 108 Å². The number of fused-ring (bicyclic) bond motifs is 1. The third-order valence-electron chi connectivity index (χ3n) is 3.56. The first-order valence-electron chi connectivity index (χ1n) is 6.22. The predicted molar refractivity (Wildman–Crippen MR) is 68.6 cm³/mol. The SMILES string of the molecule is O=C(O)c1cn(C2CCOCC2)c(=O)c2cc[nH]c12. The van der Waals surface area contributed by atoms with E-state index in [9.17, 15) is 14.7 Å². The second-order valence-electron chi connectivity index (χ2n) is 4.67. The Morgan fingerprint density at radius 1 is 1.42 bits per heavy atom. The first kappa shape index (κ1) is 12.0. The van der Waals surface area contributed by atoms with Crippen molar-refractivity contribution in [3.63, 3.8) is 0 Å². The highest BCUT2D eigenvalue weighted by molar-refractivity contribution is 6.01. The summed E-state index contributed by atoms with van der Waals surface area (Å²) in [7, 11) is 0. The number of hydrogen-bond acceptors (Lipinski definition) is 3. The minimum Gasteiger partial charge on any atom is -0.478 e. The molecule has 0 spiro atoms. The number of carbonyl (C=O) groups is 1. The maximum absolute atomic E-state index is 12.4. The van der Waals surface area contributed by atoms with E-state index in [0.29, 0.717) is 24.1 Å². The molecule has 100 valence electrons. The van der Waals surface area contributed by atoms with Gasteiger partial charge in [0.05, 0.1) is 10.9 Å². The van der Waals surface area contributed by atoms with Crippen molar-refractivity contribution in [1.82, 2.24) is 9.55 Å². The third-order valence-corrected chi connectivity index (χ3v) is 3.56. The van der Waals surface area contributed by atoms with Gasteiger partial charge in [-0.3, -0.25) is 4.79 Å². The molecule has 0 aliphatic carbocycles. The van der Waals surface area contributed by atoms with Gasteiger partial charge in [-0.1, -0.05) is 0 Å². The normalized spacial score (nSPS) is 16.8. The van der Waals surface area contributed by atoms with Crippen LogP contribution in [-0.2, 0) is 4.74 Å². The van der Waals surface area contributed by atoms with Crippen LogP contribution in [0.25, 0.3) is 10.9 Å². The molecule has 3 heterocycles. The number of pyridine rings is 1. The molecule has 1 saturated heterocycles. The topological polar surface area (TPSA) is 84.3 Å². The molecule has 2 aromatic heterocycles. The number of hydrogen-bond donors (Lipinski definition) is 2. The Hall–Kier alpha value is -2.08. The molecule has 1 aliphatic rings. The second kappa shape index (κ2) is 4.55. The molecule has 0 bridgehead atoms. The van der Waals surface area contributed by atoms with Crippen molar-refractivity contribution in [2.75, 3.05) is 13.2 Å². The molecular formula is C13H14N2O4. The van der Waals surface area contributed by atoms with Crippen LogP contribution in [0.4, 0.5) is 0 Å². The number of aromatic carboxylic acids is 1. The highest BCUT2D eigenvalue weighted by Crippen LogP contribution is 2.22. The number of carboxylic acid groups (broad SMARTS) is 1. The van der Waals surface area contributed by atoms with Crippen molar-refractivity contribution in [1.29, 1.82) is 0 Å². The smallest absolute Gasteiger partial charge is 0.339 e. The first-order chi connectivity index (χ1) is 9.18. The highest BCUT2D eigenvalue weighted by atomic mass is 16.5.